The van der Waals surface area contributed by atoms with Crippen LogP contribution in [0.3, 0.4) is 0 Å². The van der Waals surface area contributed by atoms with Crippen molar-refractivity contribution in [2.24, 2.45) is 5.92 Å². The average molecular weight is 292 g/mol. The number of ether oxygens (including phenoxy) is 1. The van der Waals surface area contributed by atoms with Crippen molar-refractivity contribution in [2.75, 3.05) is 12.9 Å². The summed E-state index contributed by atoms with van der Waals surface area (Å²) in [5.41, 5.74) is 0. The van der Waals surface area contributed by atoms with E-state index in [0.717, 1.165) is 32.1 Å². The van der Waals surface area contributed by atoms with Gasteiger partial charge in [0.15, 0.2) is 0 Å². The summed E-state index contributed by atoms with van der Waals surface area (Å²) >= 11 is 0. The first-order chi connectivity index (χ1) is 8.90. The first-order valence-electron chi connectivity index (χ1n) is 7.38. The van der Waals surface area contributed by atoms with Gasteiger partial charge in [-0.1, -0.05) is 19.8 Å². The Kier molecular flexibility index (Phi) is 6.77. The smallest absolute Gasteiger partial charge is 0.150 e. The Morgan fingerprint density at radius 1 is 1.32 bits per heavy atom. The summed E-state index contributed by atoms with van der Waals surface area (Å²) in [5, 5.41) is 10.2. The highest BCUT2D eigenvalue weighted by atomic mass is 32.2. The van der Waals surface area contributed by atoms with Gasteiger partial charge in [-0.05, 0) is 38.5 Å². The normalized spacial score (nSPS) is 28.0. The number of sulfone groups is 1. The molecule has 0 aliphatic heterocycles. The average Bonchev–Trinajstić information content (AvgIpc) is 2.37. The van der Waals surface area contributed by atoms with Crippen LogP contribution in [0.1, 0.15) is 52.4 Å². The largest absolute Gasteiger partial charge is 0.390 e. The van der Waals surface area contributed by atoms with E-state index >= 15 is 0 Å². The molecule has 1 fully saturated rings. The first kappa shape index (κ1) is 16.9. The maximum Gasteiger partial charge on any atom is 0.150 e. The van der Waals surface area contributed by atoms with Crippen LogP contribution in [0.15, 0.2) is 0 Å². The maximum absolute atomic E-state index is 11.7. The van der Waals surface area contributed by atoms with Gasteiger partial charge in [0, 0.05) is 12.9 Å². The fourth-order valence-corrected chi connectivity index (χ4v) is 4.23. The van der Waals surface area contributed by atoms with E-state index in [1.54, 1.807) is 0 Å². The fourth-order valence-electron chi connectivity index (χ4n) is 3.03. The summed E-state index contributed by atoms with van der Waals surface area (Å²) in [4.78, 5) is 0. The van der Waals surface area contributed by atoms with E-state index < -0.39 is 15.9 Å². The van der Waals surface area contributed by atoms with Crippen molar-refractivity contribution in [2.45, 2.75) is 69.8 Å². The Labute approximate surface area is 117 Å². The quantitative estimate of drug-likeness (QED) is 0.781. The minimum atomic E-state index is -2.99. The third-order valence-electron chi connectivity index (χ3n) is 4.09. The van der Waals surface area contributed by atoms with Gasteiger partial charge in [-0.2, -0.15) is 0 Å². The molecular formula is C14H28O4S. The van der Waals surface area contributed by atoms with Crippen molar-refractivity contribution in [3.63, 3.8) is 0 Å². The lowest BCUT2D eigenvalue weighted by Gasteiger charge is -2.34. The topological polar surface area (TPSA) is 63.6 Å². The van der Waals surface area contributed by atoms with Crippen LogP contribution in [0, 0.1) is 5.92 Å². The highest BCUT2D eigenvalue weighted by Crippen LogP contribution is 2.32. The molecule has 0 radical (unpaired) electrons. The zero-order valence-corrected chi connectivity index (χ0v) is 13.2. The van der Waals surface area contributed by atoms with E-state index in [1.165, 1.54) is 6.26 Å². The predicted molar refractivity (Wildman–Crippen MR) is 76.9 cm³/mol. The second-order valence-electron chi connectivity index (χ2n) is 5.65. The molecule has 0 amide bonds. The molecule has 19 heavy (non-hydrogen) atoms. The monoisotopic (exact) mass is 292 g/mol. The molecular weight excluding hydrogens is 264 g/mol. The van der Waals surface area contributed by atoms with Crippen LogP contribution in [-0.2, 0) is 14.6 Å². The molecule has 1 rings (SSSR count). The lowest BCUT2D eigenvalue weighted by atomic mass is 9.82. The Morgan fingerprint density at radius 3 is 2.53 bits per heavy atom. The van der Waals surface area contributed by atoms with Gasteiger partial charge in [0.25, 0.3) is 0 Å². The molecule has 0 aromatic carbocycles. The summed E-state index contributed by atoms with van der Waals surface area (Å²) in [6, 6.07) is 0. The Morgan fingerprint density at radius 2 is 2.00 bits per heavy atom. The van der Waals surface area contributed by atoms with Crippen molar-refractivity contribution in [3.8, 4) is 0 Å². The summed E-state index contributed by atoms with van der Waals surface area (Å²) in [7, 11) is -2.99. The van der Waals surface area contributed by atoms with Crippen LogP contribution in [-0.4, -0.2) is 43.8 Å². The van der Waals surface area contributed by atoms with Crippen LogP contribution < -0.4 is 0 Å². The molecule has 4 atom stereocenters. The summed E-state index contributed by atoms with van der Waals surface area (Å²) < 4.78 is 28.9. The maximum atomic E-state index is 11.7. The van der Waals surface area contributed by atoms with Crippen molar-refractivity contribution in [1.82, 2.24) is 0 Å². The first-order valence-corrected chi connectivity index (χ1v) is 9.34. The lowest BCUT2D eigenvalue weighted by molar-refractivity contribution is -0.0681. The minimum Gasteiger partial charge on any atom is -0.390 e. The van der Waals surface area contributed by atoms with Gasteiger partial charge in [-0.15, -0.1) is 0 Å². The standard InChI is InChI=1S/C14H28O4S/c1-4-7-13(18-5-2)14(15)11-8-6-9-12(10-11)19(3,16)17/h11-15H,4-10H2,1-3H3. The number of hydrogen-bond acceptors (Lipinski definition) is 4. The van der Waals surface area contributed by atoms with Crippen molar-refractivity contribution in [3.05, 3.63) is 0 Å². The molecule has 0 aromatic rings. The number of aliphatic hydroxyl groups excluding tert-OH is 1. The molecule has 1 aliphatic carbocycles. The molecule has 0 spiro atoms. The molecule has 0 aromatic heterocycles. The van der Waals surface area contributed by atoms with Crippen LogP contribution in [0.2, 0.25) is 0 Å². The molecule has 0 saturated heterocycles. The molecule has 5 heteroatoms. The molecule has 1 aliphatic rings. The van der Waals surface area contributed by atoms with Gasteiger partial charge >= 0.3 is 0 Å². The molecule has 1 N–H and O–H groups in total. The highest BCUT2D eigenvalue weighted by Gasteiger charge is 2.35. The Balaban J connectivity index is 2.66. The van der Waals surface area contributed by atoms with Gasteiger partial charge in [0.05, 0.1) is 17.5 Å². The third kappa shape index (κ3) is 5.04. The second-order valence-corrected chi connectivity index (χ2v) is 7.98. The Bertz CT molecular complexity index is 346. The summed E-state index contributed by atoms with van der Waals surface area (Å²) in [6.07, 6.45) is 5.49. The zero-order valence-electron chi connectivity index (χ0n) is 12.3. The van der Waals surface area contributed by atoms with Gasteiger partial charge < -0.3 is 9.84 Å². The predicted octanol–water partition coefficient (Wildman–Crippen LogP) is 2.16. The van der Waals surface area contributed by atoms with E-state index in [4.69, 9.17) is 4.74 Å². The van der Waals surface area contributed by atoms with Crippen LogP contribution in [0.25, 0.3) is 0 Å². The van der Waals surface area contributed by atoms with Gasteiger partial charge in [-0.3, -0.25) is 0 Å². The van der Waals surface area contributed by atoms with E-state index in [9.17, 15) is 13.5 Å². The summed E-state index contributed by atoms with van der Waals surface area (Å²) in [6.45, 7) is 4.58. The molecule has 4 unspecified atom stereocenters. The highest BCUT2D eigenvalue weighted by molar-refractivity contribution is 7.91. The van der Waals surface area contributed by atoms with Gasteiger partial charge in [0.1, 0.15) is 9.84 Å². The van der Waals surface area contributed by atoms with E-state index in [1.807, 2.05) is 6.92 Å². The molecule has 0 heterocycles. The number of rotatable bonds is 7. The molecule has 114 valence electrons. The van der Waals surface area contributed by atoms with Crippen LogP contribution in [0.4, 0.5) is 0 Å². The zero-order chi connectivity index (χ0) is 14.5. The number of aliphatic hydroxyl groups is 1. The van der Waals surface area contributed by atoms with Crippen molar-refractivity contribution >= 4 is 9.84 Å². The van der Waals surface area contributed by atoms with E-state index in [0.29, 0.717) is 13.0 Å². The van der Waals surface area contributed by atoms with Crippen molar-refractivity contribution < 1.29 is 18.3 Å². The van der Waals surface area contributed by atoms with E-state index in [-0.39, 0.29) is 17.3 Å². The van der Waals surface area contributed by atoms with Gasteiger partial charge in [0.2, 0.25) is 0 Å². The molecule has 4 nitrogen and oxygen atoms in total. The van der Waals surface area contributed by atoms with Gasteiger partial charge in [-0.25, -0.2) is 8.42 Å². The van der Waals surface area contributed by atoms with E-state index in [2.05, 4.69) is 6.92 Å². The van der Waals surface area contributed by atoms with Crippen molar-refractivity contribution in [1.29, 1.82) is 0 Å². The lowest BCUT2D eigenvalue weighted by Crippen LogP contribution is -2.40. The molecule has 0 bridgehead atoms. The summed E-state index contributed by atoms with van der Waals surface area (Å²) in [5.74, 6) is 0.0524. The van der Waals surface area contributed by atoms with Crippen LogP contribution in [0.5, 0.6) is 0 Å². The molecule has 1 saturated carbocycles. The van der Waals surface area contributed by atoms with Crippen LogP contribution >= 0.6 is 0 Å². The Hall–Kier alpha value is -0.130. The minimum absolute atomic E-state index is 0.0524. The number of hydrogen-bond donors (Lipinski definition) is 1. The fraction of sp³-hybridized carbons (Fsp3) is 1.00. The second kappa shape index (κ2) is 7.60. The SMILES string of the molecule is CCCC(OCC)C(O)C1CCCC(S(C)(=O)=O)C1. The third-order valence-corrected chi connectivity index (χ3v) is 5.73.